The summed E-state index contributed by atoms with van der Waals surface area (Å²) in [4.78, 5) is 17.1. The molecule has 1 aliphatic heterocycles. The topological polar surface area (TPSA) is 71.0 Å². The van der Waals surface area contributed by atoms with Crippen LogP contribution in [0, 0.1) is 0 Å². The van der Waals surface area contributed by atoms with E-state index in [1.807, 2.05) is 36.4 Å². The molecule has 1 aromatic heterocycles. The number of nitrogens with zero attached hydrogens (tertiary/aromatic N) is 2. The molecule has 0 aliphatic carbocycles. The van der Waals surface area contributed by atoms with Gasteiger partial charge in [-0.1, -0.05) is 30.3 Å². The summed E-state index contributed by atoms with van der Waals surface area (Å²) in [6, 6.07) is 18.6. The van der Waals surface area contributed by atoms with E-state index in [4.69, 9.17) is 4.98 Å². The Hall–Kier alpha value is -2.70. The Morgan fingerprint density at radius 2 is 1.96 bits per heavy atom. The van der Waals surface area contributed by atoms with Crippen LogP contribution in [-0.4, -0.2) is 34.1 Å². The van der Waals surface area contributed by atoms with Gasteiger partial charge in [0.2, 0.25) is 5.91 Å². The van der Waals surface area contributed by atoms with Gasteiger partial charge in [0.1, 0.15) is 5.82 Å². The van der Waals surface area contributed by atoms with Gasteiger partial charge in [0.15, 0.2) is 0 Å². The van der Waals surface area contributed by atoms with Gasteiger partial charge in [-0.25, -0.2) is 4.98 Å². The monoisotopic (exact) mass is 349 g/mol. The van der Waals surface area contributed by atoms with Crippen LogP contribution in [0.15, 0.2) is 54.6 Å². The van der Waals surface area contributed by atoms with Crippen LogP contribution in [0.3, 0.4) is 0 Å². The van der Waals surface area contributed by atoms with Gasteiger partial charge in [0, 0.05) is 31.1 Å². The molecule has 4 rings (SSSR count). The number of aromatic nitrogens is 2. The van der Waals surface area contributed by atoms with Crippen molar-refractivity contribution in [1.29, 1.82) is 0 Å². The van der Waals surface area contributed by atoms with Gasteiger partial charge in [-0.05, 0) is 31.2 Å². The van der Waals surface area contributed by atoms with Crippen molar-refractivity contribution in [1.82, 2.24) is 25.7 Å². The highest BCUT2D eigenvalue weighted by Crippen LogP contribution is 2.22. The van der Waals surface area contributed by atoms with Crippen molar-refractivity contribution in [2.24, 2.45) is 0 Å². The van der Waals surface area contributed by atoms with Gasteiger partial charge in [0.05, 0.1) is 17.1 Å². The maximum atomic E-state index is 12.4. The number of hydrazine groups is 1. The Labute approximate surface area is 152 Å². The summed E-state index contributed by atoms with van der Waals surface area (Å²) in [7, 11) is 0. The molecule has 1 aliphatic rings. The van der Waals surface area contributed by atoms with Crippen molar-refractivity contribution in [3.8, 4) is 5.69 Å². The molecule has 1 fully saturated rings. The highest BCUT2D eigenvalue weighted by atomic mass is 16.1. The van der Waals surface area contributed by atoms with Crippen molar-refractivity contribution in [3.05, 3.63) is 60.4 Å². The van der Waals surface area contributed by atoms with Gasteiger partial charge in [-0.15, -0.1) is 0 Å². The van der Waals surface area contributed by atoms with Crippen LogP contribution in [0.5, 0.6) is 0 Å². The Kier molecular flexibility index (Phi) is 4.69. The third-order valence-corrected chi connectivity index (χ3v) is 4.82. The molecule has 6 nitrogen and oxygen atoms in total. The first-order valence-electron chi connectivity index (χ1n) is 9.02. The number of nitrogens with one attached hydrogen (secondary N) is 3. The minimum absolute atomic E-state index is 0.0546. The molecule has 6 heteroatoms. The first-order valence-corrected chi connectivity index (χ1v) is 9.02. The number of amides is 1. The summed E-state index contributed by atoms with van der Waals surface area (Å²) in [5.41, 5.74) is 9.26. The Morgan fingerprint density at radius 3 is 2.73 bits per heavy atom. The van der Waals surface area contributed by atoms with E-state index in [9.17, 15) is 4.79 Å². The molecule has 26 heavy (non-hydrogen) atoms. The SMILES string of the molecule is CC1NNCC1NC(=O)CCc1nc2ccccc2n1-c1ccccc1. The van der Waals surface area contributed by atoms with Crippen LogP contribution in [0.2, 0.25) is 0 Å². The third kappa shape index (κ3) is 3.34. The first kappa shape index (κ1) is 16.8. The number of imidazole rings is 1. The van der Waals surface area contributed by atoms with Crippen molar-refractivity contribution in [2.75, 3.05) is 6.54 Å². The summed E-state index contributed by atoms with van der Waals surface area (Å²) >= 11 is 0. The lowest BCUT2D eigenvalue weighted by atomic mass is 10.1. The predicted molar refractivity (Wildman–Crippen MR) is 102 cm³/mol. The van der Waals surface area contributed by atoms with E-state index >= 15 is 0 Å². The van der Waals surface area contributed by atoms with E-state index in [2.05, 4.69) is 45.9 Å². The second kappa shape index (κ2) is 7.27. The van der Waals surface area contributed by atoms with E-state index in [0.717, 1.165) is 29.1 Å². The second-order valence-corrected chi connectivity index (χ2v) is 6.68. The van der Waals surface area contributed by atoms with Crippen LogP contribution in [0.1, 0.15) is 19.2 Å². The van der Waals surface area contributed by atoms with Crippen molar-refractivity contribution in [2.45, 2.75) is 31.8 Å². The third-order valence-electron chi connectivity index (χ3n) is 4.82. The van der Waals surface area contributed by atoms with E-state index in [-0.39, 0.29) is 18.0 Å². The number of hydrogen-bond acceptors (Lipinski definition) is 4. The van der Waals surface area contributed by atoms with Crippen LogP contribution in [0.25, 0.3) is 16.7 Å². The molecule has 0 bridgehead atoms. The van der Waals surface area contributed by atoms with Gasteiger partial charge < -0.3 is 5.32 Å². The Morgan fingerprint density at radius 1 is 1.19 bits per heavy atom. The normalized spacial score (nSPS) is 19.7. The maximum Gasteiger partial charge on any atom is 0.220 e. The Balaban J connectivity index is 1.55. The molecule has 2 atom stereocenters. The van der Waals surface area contributed by atoms with Crippen LogP contribution in [0.4, 0.5) is 0 Å². The highest BCUT2D eigenvalue weighted by molar-refractivity contribution is 5.79. The molecule has 3 N–H and O–H groups in total. The summed E-state index contributed by atoms with van der Waals surface area (Å²) < 4.78 is 2.14. The number of carbonyl (C=O) groups is 1. The van der Waals surface area contributed by atoms with E-state index < -0.39 is 0 Å². The number of fused-ring (bicyclic) bond motifs is 1. The number of benzene rings is 2. The first-order chi connectivity index (χ1) is 12.7. The van der Waals surface area contributed by atoms with E-state index in [1.54, 1.807) is 0 Å². The zero-order valence-corrected chi connectivity index (χ0v) is 14.8. The quantitative estimate of drug-likeness (QED) is 0.658. The number of rotatable bonds is 5. The molecule has 0 spiro atoms. The lowest BCUT2D eigenvalue weighted by Crippen LogP contribution is -2.43. The fraction of sp³-hybridized carbons (Fsp3) is 0.300. The van der Waals surface area contributed by atoms with E-state index in [1.165, 1.54) is 0 Å². The highest BCUT2D eigenvalue weighted by Gasteiger charge is 2.24. The number of carbonyl (C=O) groups excluding carboxylic acids is 1. The zero-order valence-electron chi connectivity index (χ0n) is 14.8. The average Bonchev–Trinajstić information content (AvgIpc) is 3.24. The predicted octanol–water partition coefficient (Wildman–Crippen LogP) is 1.94. The van der Waals surface area contributed by atoms with Crippen LogP contribution >= 0.6 is 0 Å². The summed E-state index contributed by atoms with van der Waals surface area (Å²) in [5, 5.41) is 3.09. The summed E-state index contributed by atoms with van der Waals surface area (Å²) in [6.45, 7) is 2.80. The summed E-state index contributed by atoms with van der Waals surface area (Å²) in [6.07, 6.45) is 1.01. The standard InChI is InChI=1S/C20H23N5O/c1-14-17(13-21-24-14)23-20(26)12-11-19-22-16-9-5-6-10-18(16)25(19)15-7-3-2-4-8-15/h2-10,14,17,21,24H,11-13H2,1H3,(H,23,26). The van der Waals surface area contributed by atoms with E-state index in [0.29, 0.717) is 12.8 Å². The molecular formula is C20H23N5O. The Bertz CT molecular complexity index is 905. The van der Waals surface area contributed by atoms with Crippen LogP contribution in [-0.2, 0) is 11.2 Å². The van der Waals surface area contributed by atoms with Gasteiger partial charge in [-0.2, -0.15) is 0 Å². The fourth-order valence-electron chi connectivity index (χ4n) is 3.40. The van der Waals surface area contributed by atoms with Crippen molar-refractivity contribution in [3.63, 3.8) is 0 Å². The van der Waals surface area contributed by atoms with Crippen molar-refractivity contribution < 1.29 is 4.79 Å². The average molecular weight is 349 g/mol. The molecule has 3 aromatic rings. The lowest BCUT2D eigenvalue weighted by Gasteiger charge is -2.15. The molecule has 2 heterocycles. The summed E-state index contributed by atoms with van der Waals surface area (Å²) in [5.74, 6) is 0.960. The number of para-hydroxylation sites is 3. The zero-order chi connectivity index (χ0) is 17.9. The molecule has 2 unspecified atom stereocenters. The van der Waals surface area contributed by atoms with Gasteiger partial charge in [0.25, 0.3) is 0 Å². The molecular weight excluding hydrogens is 326 g/mol. The number of hydrogen-bond donors (Lipinski definition) is 3. The molecule has 1 amide bonds. The van der Waals surface area contributed by atoms with Crippen molar-refractivity contribution >= 4 is 16.9 Å². The molecule has 134 valence electrons. The lowest BCUT2D eigenvalue weighted by molar-refractivity contribution is -0.121. The number of aryl methyl sites for hydroxylation is 1. The second-order valence-electron chi connectivity index (χ2n) is 6.68. The van der Waals surface area contributed by atoms with Gasteiger partial charge in [-0.3, -0.25) is 20.2 Å². The molecule has 2 aromatic carbocycles. The minimum atomic E-state index is 0.0546. The molecule has 1 saturated heterocycles. The fourth-order valence-corrected chi connectivity index (χ4v) is 3.40. The van der Waals surface area contributed by atoms with Crippen LogP contribution < -0.4 is 16.2 Å². The maximum absolute atomic E-state index is 12.4. The smallest absolute Gasteiger partial charge is 0.220 e. The minimum Gasteiger partial charge on any atom is -0.350 e. The molecule has 0 saturated carbocycles. The van der Waals surface area contributed by atoms with Gasteiger partial charge >= 0.3 is 0 Å². The molecule has 0 radical (unpaired) electrons. The largest absolute Gasteiger partial charge is 0.350 e.